The maximum Gasteiger partial charge on any atom is 0.303 e. The molecule has 2 aromatic carbocycles. The van der Waals surface area contributed by atoms with Gasteiger partial charge in [-0.3, -0.25) is 19.3 Å². The normalized spacial score (nSPS) is 15.2. The van der Waals surface area contributed by atoms with Crippen LogP contribution < -0.4 is 5.56 Å². The van der Waals surface area contributed by atoms with Crippen LogP contribution in [0.2, 0.25) is 0 Å². The summed E-state index contributed by atoms with van der Waals surface area (Å²) in [5, 5.41) is 9.82. The lowest BCUT2D eigenvalue weighted by Gasteiger charge is -2.34. The van der Waals surface area contributed by atoms with Crippen LogP contribution in [-0.4, -0.2) is 52.1 Å². The fraction of sp³-hybridized carbons (Fsp3) is 0.472. The van der Waals surface area contributed by atoms with E-state index in [4.69, 9.17) is 0 Å². The van der Waals surface area contributed by atoms with Crippen LogP contribution in [0.25, 0.3) is 11.1 Å². The van der Waals surface area contributed by atoms with Crippen LogP contribution in [0.3, 0.4) is 0 Å². The monoisotopic (exact) mass is 624 g/mol. The average Bonchev–Trinajstić information content (AvgIpc) is 2.91. The van der Waals surface area contributed by atoms with Gasteiger partial charge < -0.3 is 9.67 Å². The minimum absolute atomic E-state index is 0.0622. The van der Waals surface area contributed by atoms with Crippen molar-refractivity contribution in [1.82, 2.24) is 9.47 Å². The van der Waals surface area contributed by atoms with Crippen LogP contribution in [0, 0.1) is 45.2 Å². The van der Waals surface area contributed by atoms with Gasteiger partial charge in [-0.2, -0.15) is 0 Å². The summed E-state index contributed by atoms with van der Waals surface area (Å²) in [6.45, 7) is 12.4. The molecule has 0 amide bonds. The first-order valence-corrected chi connectivity index (χ1v) is 15.5. The van der Waals surface area contributed by atoms with Crippen LogP contribution in [0.15, 0.2) is 41.3 Å². The number of carboxylic acid groups (broad SMARTS) is 1. The topological polar surface area (TPSA) is 79.6 Å². The number of carbonyl (C=O) groups excluding carboxylic acids is 1. The Kier molecular flexibility index (Phi) is 10.7. The molecule has 1 N–H and O–H groups in total. The second-order valence-corrected chi connectivity index (χ2v) is 13.1. The first-order chi connectivity index (χ1) is 21.1. The number of likely N-dealkylation sites (tertiary alicyclic amines) is 1. The van der Waals surface area contributed by atoms with Crippen LogP contribution in [-0.2, 0) is 16.0 Å². The molecule has 3 aromatic rings. The van der Waals surface area contributed by atoms with Crippen molar-refractivity contribution in [1.29, 1.82) is 0 Å². The number of halogens is 3. The number of ketones is 1. The van der Waals surface area contributed by atoms with E-state index in [1.54, 1.807) is 19.1 Å². The number of Topliss-reactive ketones (excluding diaryl/α,β-unsaturated/α-hetero) is 1. The van der Waals surface area contributed by atoms with E-state index in [0.29, 0.717) is 37.2 Å². The highest BCUT2D eigenvalue weighted by atomic mass is 19.1. The first kappa shape index (κ1) is 34.2. The third-order valence-corrected chi connectivity index (χ3v) is 8.64. The molecule has 1 aliphatic rings. The van der Waals surface area contributed by atoms with Gasteiger partial charge in [0.15, 0.2) is 11.6 Å². The van der Waals surface area contributed by atoms with Gasteiger partial charge in [0.05, 0.1) is 12.5 Å². The average molecular weight is 625 g/mol. The molecule has 242 valence electrons. The molecule has 2 atom stereocenters. The van der Waals surface area contributed by atoms with Gasteiger partial charge in [0.1, 0.15) is 12.0 Å². The summed E-state index contributed by atoms with van der Waals surface area (Å²) in [4.78, 5) is 41.0. The lowest BCUT2D eigenvalue weighted by Crippen LogP contribution is -2.49. The number of aromatic nitrogens is 1. The Hall–Kier alpha value is -3.72. The quantitative estimate of drug-likeness (QED) is 0.221. The number of hydrogen-bond acceptors (Lipinski definition) is 4. The highest BCUT2D eigenvalue weighted by Crippen LogP contribution is 2.37. The molecule has 0 aliphatic carbocycles. The number of nitrogens with zero attached hydrogens (tertiary/aromatic N) is 2. The number of rotatable bonds is 13. The van der Waals surface area contributed by atoms with E-state index in [9.17, 15) is 28.3 Å². The van der Waals surface area contributed by atoms with Gasteiger partial charge in [-0.1, -0.05) is 31.5 Å². The molecule has 9 heteroatoms. The van der Waals surface area contributed by atoms with Gasteiger partial charge in [0.25, 0.3) is 5.56 Å². The maximum atomic E-state index is 15.8. The Morgan fingerprint density at radius 1 is 0.956 bits per heavy atom. The Labute approximate surface area is 262 Å². The van der Waals surface area contributed by atoms with Crippen LogP contribution >= 0.6 is 0 Å². The predicted molar refractivity (Wildman–Crippen MR) is 170 cm³/mol. The largest absolute Gasteiger partial charge is 0.481 e. The molecule has 0 saturated carbocycles. The smallest absolute Gasteiger partial charge is 0.303 e. The molecule has 0 spiro atoms. The molecule has 6 nitrogen and oxygen atoms in total. The van der Waals surface area contributed by atoms with Gasteiger partial charge in [0.2, 0.25) is 0 Å². The summed E-state index contributed by atoms with van der Waals surface area (Å²) in [6, 6.07) is 7.50. The number of pyridine rings is 1. The lowest BCUT2D eigenvalue weighted by molar-refractivity contribution is -0.137. The summed E-state index contributed by atoms with van der Waals surface area (Å²) in [7, 11) is 0. The van der Waals surface area contributed by atoms with E-state index < -0.39 is 53.5 Å². The molecule has 2 heterocycles. The van der Waals surface area contributed by atoms with Crippen molar-refractivity contribution in [3.63, 3.8) is 0 Å². The highest BCUT2D eigenvalue weighted by Gasteiger charge is 2.31. The summed E-state index contributed by atoms with van der Waals surface area (Å²) in [5.74, 6) is -4.31. The van der Waals surface area contributed by atoms with Gasteiger partial charge in [-0.25, -0.2) is 13.2 Å². The summed E-state index contributed by atoms with van der Waals surface area (Å²) in [6.07, 6.45) is 0.328. The van der Waals surface area contributed by atoms with Gasteiger partial charge in [-0.15, -0.1) is 0 Å². The molecular weight excluding hydrogens is 581 g/mol. The number of carboxylic acids is 1. The van der Waals surface area contributed by atoms with Gasteiger partial charge in [0, 0.05) is 38.2 Å². The first-order valence-electron chi connectivity index (χ1n) is 15.5. The van der Waals surface area contributed by atoms with Crippen LogP contribution in [0.1, 0.15) is 78.5 Å². The van der Waals surface area contributed by atoms with Crippen molar-refractivity contribution in [3.05, 3.63) is 91.9 Å². The number of aryl methyl sites for hydroxylation is 4. The SMILES string of the molecule is Cc1cc(C)c(-c2cc(C)c(F)c([C@H](CC(=O)O)CC(=O)C(CC(C)C)n3cc(CCN4CC(F)C4)cc(F)c3=O)c2)c(C)c1. The van der Waals surface area contributed by atoms with Crippen molar-refractivity contribution >= 4 is 11.8 Å². The molecule has 1 fully saturated rings. The summed E-state index contributed by atoms with van der Waals surface area (Å²) in [5.41, 5.74) is 4.72. The molecule has 1 saturated heterocycles. The molecular formula is C36H43F3N2O4. The van der Waals surface area contributed by atoms with Gasteiger partial charge in [-0.05, 0) is 104 Å². The molecule has 0 bridgehead atoms. The number of aliphatic carboxylic acids is 1. The molecule has 1 unspecified atom stereocenters. The fourth-order valence-corrected chi connectivity index (χ4v) is 6.57. The zero-order valence-electron chi connectivity index (χ0n) is 26.9. The minimum Gasteiger partial charge on any atom is -0.481 e. The molecule has 45 heavy (non-hydrogen) atoms. The van der Waals surface area contributed by atoms with Crippen molar-refractivity contribution in [3.8, 4) is 11.1 Å². The van der Waals surface area contributed by atoms with Crippen molar-refractivity contribution in [2.75, 3.05) is 19.6 Å². The number of hydrogen-bond donors (Lipinski definition) is 1. The minimum atomic E-state index is -1.19. The van der Waals surface area contributed by atoms with E-state index in [-0.39, 0.29) is 24.3 Å². The van der Waals surface area contributed by atoms with Crippen molar-refractivity contribution in [2.24, 2.45) is 5.92 Å². The number of alkyl halides is 1. The van der Waals surface area contributed by atoms with Crippen LogP contribution in [0.4, 0.5) is 13.2 Å². The third kappa shape index (κ3) is 8.12. The van der Waals surface area contributed by atoms with Gasteiger partial charge >= 0.3 is 5.97 Å². The second-order valence-electron chi connectivity index (χ2n) is 13.1. The molecule has 4 rings (SSSR count). The maximum absolute atomic E-state index is 15.8. The van der Waals surface area contributed by atoms with E-state index in [1.165, 1.54) is 6.20 Å². The molecule has 1 aliphatic heterocycles. The molecule has 0 radical (unpaired) electrons. The zero-order chi connectivity index (χ0) is 33.2. The zero-order valence-corrected chi connectivity index (χ0v) is 26.9. The summed E-state index contributed by atoms with van der Waals surface area (Å²) < 4.78 is 45.1. The second kappa shape index (κ2) is 14.1. The van der Waals surface area contributed by atoms with E-state index in [0.717, 1.165) is 38.5 Å². The third-order valence-electron chi connectivity index (χ3n) is 8.64. The predicted octanol–water partition coefficient (Wildman–Crippen LogP) is 7.03. The van der Waals surface area contributed by atoms with Crippen molar-refractivity contribution < 1.29 is 27.9 Å². The Balaban J connectivity index is 1.72. The van der Waals surface area contributed by atoms with E-state index >= 15 is 4.39 Å². The van der Waals surface area contributed by atoms with Crippen LogP contribution in [0.5, 0.6) is 0 Å². The standard InChI is InChI=1S/C36H43F3N2O4/c1-20(2)9-31(41-17-25(13-30(38)36(41)45)7-8-40-18-28(37)19-40)32(42)15-26(16-33(43)44)29-14-27(12-24(6)35(29)39)34-22(4)10-21(3)11-23(34)5/h10-14,17,20,26,28,31H,7-9,15-16,18-19H2,1-6H3,(H,43,44)/t26-,31?/m0/s1. The number of benzene rings is 2. The van der Waals surface area contributed by atoms with E-state index in [1.807, 2.05) is 51.7 Å². The Bertz CT molecular complexity index is 1620. The lowest BCUT2D eigenvalue weighted by atomic mass is 9.83. The fourth-order valence-electron chi connectivity index (χ4n) is 6.57. The Morgan fingerprint density at radius 3 is 2.18 bits per heavy atom. The highest BCUT2D eigenvalue weighted by molar-refractivity contribution is 5.84. The Morgan fingerprint density at radius 2 is 1.60 bits per heavy atom. The summed E-state index contributed by atoms with van der Waals surface area (Å²) >= 11 is 0. The van der Waals surface area contributed by atoms with E-state index in [2.05, 4.69) is 0 Å². The number of carbonyl (C=O) groups is 2. The van der Waals surface area contributed by atoms with Crippen molar-refractivity contribution in [2.45, 2.75) is 85.4 Å². The molecule has 1 aromatic heterocycles.